The van der Waals surface area contributed by atoms with Crippen LogP contribution in [0.3, 0.4) is 0 Å². The Morgan fingerprint density at radius 1 is 1.34 bits per heavy atom. The van der Waals surface area contributed by atoms with Gasteiger partial charge in [-0.15, -0.1) is 5.10 Å². The smallest absolute Gasteiger partial charge is 0.340 e. The maximum atomic E-state index is 12.8. The number of rotatable bonds is 8. The molecule has 2 heterocycles. The van der Waals surface area contributed by atoms with Crippen molar-refractivity contribution in [1.29, 1.82) is 0 Å². The van der Waals surface area contributed by atoms with E-state index in [1.807, 2.05) is 0 Å². The van der Waals surface area contributed by atoms with Crippen molar-refractivity contribution in [2.45, 2.75) is 52.7 Å². The average molecular weight is 402 g/mol. The number of ether oxygens (including phenoxy) is 1. The molecule has 0 radical (unpaired) electrons. The van der Waals surface area contributed by atoms with Gasteiger partial charge in [0.15, 0.2) is 12.4 Å². The Labute approximate surface area is 169 Å². The summed E-state index contributed by atoms with van der Waals surface area (Å²) in [5, 5.41) is 22.7. The topological polar surface area (TPSA) is 116 Å². The highest BCUT2D eigenvalue weighted by molar-refractivity contribution is 5.96. The maximum absolute atomic E-state index is 12.8. The summed E-state index contributed by atoms with van der Waals surface area (Å²) < 4.78 is 7.04. The second kappa shape index (κ2) is 9.44. The van der Waals surface area contributed by atoms with E-state index < -0.39 is 10.9 Å². The van der Waals surface area contributed by atoms with Gasteiger partial charge in [-0.3, -0.25) is 10.1 Å². The fraction of sp³-hybridized carbons (Fsp3) is 0.579. The minimum absolute atomic E-state index is 0.0886. The number of nitro benzene ring substituents is 1. The van der Waals surface area contributed by atoms with Crippen molar-refractivity contribution in [3.63, 3.8) is 0 Å². The molecule has 1 aliphatic heterocycles. The Hall–Kier alpha value is -3.04. The third-order valence-corrected chi connectivity index (χ3v) is 5.20. The molecule has 10 heteroatoms. The molecule has 29 heavy (non-hydrogen) atoms. The molecular formula is C19H26N6O4. The van der Waals surface area contributed by atoms with Crippen LogP contribution in [0, 0.1) is 16.0 Å². The fourth-order valence-electron chi connectivity index (χ4n) is 3.34. The van der Waals surface area contributed by atoms with Crippen molar-refractivity contribution in [3.8, 4) is 0 Å². The Balaban J connectivity index is 1.78. The van der Waals surface area contributed by atoms with Crippen LogP contribution in [0.1, 0.15) is 55.7 Å². The van der Waals surface area contributed by atoms with Crippen molar-refractivity contribution < 1.29 is 14.5 Å². The number of benzene rings is 1. The number of hydrogen-bond donors (Lipinski definition) is 0. The van der Waals surface area contributed by atoms with Crippen molar-refractivity contribution in [3.05, 3.63) is 39.7 Å². The third kappa shape index (κ3) is 5.07. The maximum Gasteiger partial charge on any atom is 0.340 e. The summed E-state index contributed by atoms with van der Waals surface area (Å²) >= 11 is 0. The van der Waals surface area contributed by atoms with Crippen LogP contribution in [0.15, 0.2) is 18.2 Å². The lowest BCUT2D eigenvalue weighted by molar-refractivity contribution is -0.384. The van der Waals surface area contributed by atoms with Crippen LogP contribution >= 0.6 is 0 Å². The minimum atomic E-state index is -0.618. The van der Waals surface area contributed by atoms with Gasteiger partial charge in [0.1, 0.15) is 0 Å². The Bertz CT molecular complexity index is 860. The van der Waals surface area contributed by atoms with E-state index in [-0.39, 0.29) is 17.9 Å². The summed E-state index contributed by atoms with van der Waals surface area (Å²) in [4.78, 5) is 25.6. The van der Waals surface area contributed by atoms with E-state index in [1.165, 1.54) is 12.1 Å². The highest BCUT2D eigenvalue weighted by Crippen LogP contribution is 2.30. The first-order valence-corrected chi connectivity index (χ1v) is 9.95. The number of hydrogen-bond acceptors (Lipinski definition) is 8. The molecule has 1 saturated heterocycles. The van der Waals surface area contributed by atoms with Crippen LogP contribution in [-0.2, 0) is 17.9 Å². The summed E-state index contributed by atoms with van der Waals surface area (Å²) in [5.74, 6) is 0.458. The molecule has 10 nitrogen and oxygen atoms in total. The first-order chi connectivity index (χ1) is 14.0. The molecule has 0 amide bonds. The van der Waals surface area contributed by atoms with E-state index in [1.54, 1.807) is 10.7 Å². The van der Waals surface area contributed by atoms with Crippen LogP contribution in [0.2, 0.25) is 0 Å². The number of carbonyl (C=O) groups excluding carboxylic acids is 1. The zero-order valence-corrected chi connectivity index (χ0v) is 16.8. The van der Waals surface area contributed by atoms with Crippen molar-refractivity contribution >= 4 is 17.3 Å². The van der Waals surface area contributed by atoms with Crippen LogP contribution in [-0.4, -0.2) is 44.2 Å². The standard InChI is InChI=1S/C19H26N6O4/c1-3-4-9-24-18(20-21-22-24)13-29-19(26)16-12-15(25(27)28)5-6-17(16)23-10-7-14(2)8-11-23/h5-6,12,14H,3-4,7-11,13H2,1-2H3. The number of nitrogens with zero attached hydrogens (tertiary/aromatic N) is 6. The SMILES string of the molecule is CCCCn1nnnc1COC(=O)c1cc([N+](=O)[O-])ccc1N1CCC(C)CC1. The summed E-state index contributed by atoms with van der Waals surface area (Å²) in [7, 11) is 0. The summed E-state index contributed by atoms with van der Waals surface area (Å²) in [6.45, 7) is 6.42. The monoisotopic (exact) mass is 402 g/mol. The number of tetrazole rings is 1. The molecule has 0 spiro atoms. The molecule has 0 atom stereocenters. The van der Waals surface area contributed by atoms with Gasteiger partial charge in [-0.2, -0.15) is 0 Å². The molecule has 1 fully saturated rings. The van der Waals surface area contributed by atoms with Crippen molar-refractivity contribution in [2.75, 3.05) is 18.0 Å². The summed E-state index contributed by atoms with van der Waals surface area (Å²) in [6.07, 6.45) is 3.92. The highest BCUT2D eigenvalue weighted by Gasteiger charge is 2.24. The van der Waals surface area contributed by atoms with Gasteiger partial charge in [0, 0.05) is 31.8 Å². The van der Waals surface area contributed by atoms with Gasteiger partial charge in [-0.25, -0.2) is 9.48 Å². The number of non-ortho nitro benzene ring substituents is 1. The first kappa shape index (κ1) is 20.7. The second-order valence-electron chi connectivity index (χ2n) is 7.38. The fourth-order valence-corrected chi connectivity index (χ4v) is 3.34. The zero-order chi connectivity index (χ0) is 20.8. The molecule has 0 unspecified atom stereocenters. The number of nitro groups is 1. The van der Waals surface area contributed by atoms with E-state index >= 15 is 0 Å². The predicted octanol–water partition coefficient (Wildman–Crippen LogP) is 2.97. The Morgan fingerprint density at radius 2 is 2.10 bits per heavy atom. The van der Waals surface area contributed by atoms with Crippen LogP contribution in [0.4, 0.5) is 11.4 Å². The molecule has 1 aliphatic rings. The van der Waals surface area contributed by atoms with Crippen molar-refractivity contribution in [1.82, 2.24) is 20.2 Å². The average Bonchev–Trinajstić information content (AvgIpc) is 3.18. The van der Waals surface area contributed by atoms with E-state index in [0.29, 0.717) is 24.0 Å². The number of unbranched alkanes of at least 4 members (excludes halogenated alkanes) is 1. The molecule has 0 saturated carbocycles. The van der Waals surface area contributed by atoms with E-state index in [9.17, 15) is 14.9 Å². The quantitative estimate of drug-likeness (QED) is 0.376. The number of esters is 1. The summed E-state index contributed by atoms with van der Waals surface area (Å²) in [5.41, 5.74) is 0.721. The molecule has 0 N–H and O–H groups in total. The number of aryl methyl sites for hydroxylation is 1. The normalized spacial score (nSPS) is 14.8. The number of aromatic nitrogens is 4. The van der Waals surface area contributed by atoms with Gasteiger partial charge in [0.25, 0.3) is 5.69 Å². The van der Waals surface area contributed by atoms with E-state index in [4.69, 9.17) is 4.74 Å². The number of piperidine rings is 1. The lowest BCUT2D eigenvalue weighted by Gasteiger charge is -2.33. The van der Waals surface area contributed by atoms with Gasteiger partial charge < -0.3 is 9.64 Å². The van der Waals surface area contributed by atoms with E-state index in [0.717, 1.165) is 38.8 Å². The number of carbonyl (C=O) groups is 1. The molecule has 2 aromatic rings. The van der Waals surface area contributed by atoms with Gasteiger partial charge in [0.2, 0.25) is 0 Å². The molecule has 0 bridgehead atoms. The largest absolute Gasteiger partial charge is 0.454 e. The zero-order valence-electron chi connectivity index (χ0n) is 16.8. The molecule has 1 aromatic carbocycles. The van der Waals surface area contributed by atoms with E-state index in [2.05, 4.69) is 34.3 Å². The lowest BCUT2D eigenvalue weighted by atomic mass is 9.98. The van der Waals surface area contributed by atoms with Crippen LogP contribution in [0.25, 0.3) is 0 Å². The van der Waals surface area contributed by atoms with Gasteiger partial charge in [-0.05, 0) is 41.7 Å². The van der Waals surface area contributed by atoms with Crippen LogP contribution < -0.4 is 4.90 Å². The van der Waals surface area contributed by atoms with Gasteiger partial charge >= 0.3 is 5.97 Å². The summed E-state index contributed by atoms with van der Waals surface area (Å²) in [6, 6.07) is 4.35. The van der Waals surface area contributed by atoms with Crippen molar-refractivity contribution in [2.24, 2.45) is 5.92 Å². The van der Waals surface area contributed by atoms with Gasteiger partial charge in [-0.1, -0.05) is 20.3 Å². The Morgan fingerprint density at radius 3 is 2.79 bits per heavy atom. The van der Waals surface area contributed by atoms with Crippen LogP contribution in [0.5, 0.6) is 0 Å². The molecule has 1 aromatic heterocycles. The lowest BCUT2D eigenvalue weighted by Crippen LogP contribution is -2.34. The molecule has 3 rings (SSSR count). The second-order valence-corrected chi connectivity index (χ2v) is 7.38. The highest BCUT2D eigenvalue weighted by atomic mass is 16.6. The minimum Gasteiger partial charge on any atom is -0.454 e. The molecule has 0 aliphatic carbocycles. The molecule has 156 valence electrons. The predicted molar refractivity (Wildman–Crippen MR) is 106 cm³/mol. The third-order valence-electron chi connectivity index (χ3n) is 5.20. The molecular weight excluding hydrogens is 376 g/mol. The Kier molecular flexibility index (Phi) is 6.73. The number of anilines is 1. The first-order valence-electron chi connectivity index (χ1n) is 9.95. The van der Waals surface area contributed by atoms with Gasteiger partial charge in [0.05, 0.1) is 16.2 Å².